The second kappa shape index (κ2) is 8.97. The van der Waals surface area contributed by atoms with Crippen LogP contribution in [0, 0.1) is 10.1 Å². The van der Waals surface area contributed by atoms with Crippen LogP contribution in [0.25, 0.3) is 4.13 Å². The molecular weight excluding hydrogens is 509 g/mol. The highest BCUT2D eigenvalue weighted by molar-refractivity contribution is 8.13. The number of aromatic nitrogens is 2. The summed E-state index contributed by atoms with van der Waals surface area (Å²) in [7, 11) is -16.5. The minimum Gasteiger partial charge on any atom is -0.421 e. The topological polar surface area (TPSA) is 168 Å². The molecule has 0 N–H and O–H groups in total. The van der Waals surface area contributed by atoms with Crippen LogP contribution in [0.5, 0.6) is 0 Å². The highest BCUT2D eigenvalue weighted by Crippen LogP contribution is 2.36. The SMILES string of the molecule is Cn1c[n+](CCS(=O)(=O)F)cc1[N+](=O)[O-].O=S(=O)([N-]S(=O)(=O)C(F)(F)F)C(F)(F)F. The van der Waals surface area contributed by atoms with Gasteiger partial charge in [-0.25, -0.2) is 21.4 Å². The van der Waals surface area contributed by atoms with Gasteiger partial charge in [-0.2, -0.15) is 39.3 Å². The Morgan fingerprint density at radius 1 is 1.03 bits per heavy atom. The molecular formula is C8H9F7N4O8S3. The fourth-order valence-corrected chi connectivity index (χ4v) is 3.42. The van der Waals surface area contributed by atoms with Crippen molar-refractivity contribution in [2.45, 2.75) is 17.6 Å². The molecule has 30 heavy (non-hydrogen) atoms. The van der Waals surface area contributed by atoms with E-state index in [9.17, 15) is 65.6 Å². The summed E-state index contributed by atoms with van der Waals surface area (Å²) in [5.74, 6) is -0.884. The molecule has 176 valence electrons. The number of alkyl halides is 6. The first-order valence-electron chi connectivity index (χ1n) is 6.49. The molecule has 0 saturated carbocycles. The second-order valence-corrected chi connectivity index (χ2v) is 9.78. The summed E-state index contributed by atoms with van der Waals surface area (Å²) < 4.78 is 144. The van der Waals surface area contributed by atoms with Gasteiger partial charge in [-0.15, -0.1) is 3.89 Å². The molecule has 0 fully saturated rings. The Morgan fingerprint density at radius 3 is 1.70 bits per heavy atom. The van der Waals surface area contributed by atoms with Crippen molar-refractivity contribution in [2.24, 2.45) is 7.05 Å². The number of rotatable bonds is 6. The molecule has 1 aromatic heterocycles. The standard InChI is InChI=1S/C6H9FN3O4S.C2F6NO4S2/c1-8-5-9(2-3-15(7,13)14)4-6(8)10(11)12;3-1(4,5)14(10,11)9-15(12,13)2(6,7)8/h4-5H,2-3H2,1H3;/q+1;-1. The first kappa shape index (κ1) is 27.9. The highest BCUT2D eigenvalue weighted by Gasteiger charge is 2.46. The van der Waals surface area contributed by atoms with Crippen molar-refractivity contribution in [3.05, 3.63) is 26.8 Å². The van der Waals surface area contributed by atoms with Gasteiger partial charge in [0.1, 0.15) is 12.3 Å². The smallest absolute Gasteiger partial charge is 0.421 e. The predicted octanol–water partition coefficient (Wildman–Crippen LogP) is 0.579. The van der Waals surface area contributed by atoms with Crippen LogP contribution in [-0.2, 0) is 43.9 Å². The van der Waals surface area contributed by atoms with Gasteiger partial charge in [-0.3, -0.25) is 0 Å². The van der Waals surface area contributed by atoms with Gasteiger partial charge in [0.15, 0.2) is 26.2 Å². The number of sulfonamides is 2. The second-order valence-electron chi connectivity index (χ2n) is 4.87. The van der Waals surface area contributed by atoms with Crippen LogP contribution in [0.4, 0.5) is 36.0 Å². The number of nitrogens with zero attached hydrogens (tertiary/aromatic N) is 4. The summed E-state index contributed by atoms with van der Waals surface area (Å²) in [6.07, 6.45) is 2.47. The van der Waals surface area contributed by atoms with E-state index in [0.29, 0.717) is 0 Å². The maximum absolute atomic E-state index is 12.2. The molecule has 0 unspecified atom stereocenters. The zero-order chi connectivity index (χ0) is 24.3. The molecule has 22 heteroatoms. The number of hydrogen-bond acceptors (Lipinski definition) is 8. The fourth-order valence-electron chi connectivity index (χ4n) is 1.28. The van der Waals surface area contributed by atoms with Crippen molar-refractivity contribution in [3.63, 3.8) is 0 Å². The first-order valence-corrected chi connectivity index (χ1v) is 10.9. The van der Waals surface area contributed by atoms with Gasteiger partial charge in [0.25, 0.3) is 0 Å². The summed E-state index contributed by atoms with van der Waals surface area (Å²) in [5, 5.41) is 10.4. The Bertz CT molecular complexity index is 1050. The zero-order valence-electron chi connectivity index (χ0n) is 14.0. The molecule has 0 radical (unpaired) electrons. The number of halogens is 7. The summed E-state index contributed by atoms with van der Waals surface area (Å²) >= 11 is 0. The Labute approximate surface area is 163 Å². The van der Waals surface area contributed by atoms with Gasteiger partial charge >= 0.3 is 27.1 Å². The number of nitro groups is 1. The summed E-state index contributed by atoms with van der Waals surface area (Å²) in [4.78, 5) is 9.80. The van der Waals surface area contributed by atoms with E-state index >= 15 is 0 Å². The molecule has 1 rings (SSSR count). The maximum Gasteiger partial charge on any atom is 0.480 e. The van der Waals surface area contributed by atoms with Gasteiger partial charge in [-0.05, 0) is 4.92 Å². The monoisotopic (exact) mass is 518 g/mol. The van der Waals surface area contributed by atoms with Crippen molar-refractivity contribution >= 4 is 36.1 Å². The minimum absolute atomic E-state index is 0.152. The Balaban J connectivity index is 0.000000561. The van der Waals surface area contributed by atoms with Crippen LogP contribution in [0.3, 0.4) is 0 Å². The molecule has 0 aliphatic carbocycles. The van der Waals surface area contributed by atoms with Crippen LogP contribution in [0.1, 0.15) is 0 Å². The van der Waals surface area contributed by atoms with Crippen molar-refractivity contribution < 1.29 is 65.0 Å². The highest BCUT2D eigenvalue weighted by atomic mass is 32.3. The lowest BCUT2D eigenvalue weighted by molar-refractivity contribution is -0.693. The third kappa shape index (κ3) is 8.35. The van der Waals surface area contributed by atoms with Crippen molar-refractivity contribution in [3.8, 4) is 0 Å². The average molecular weight is 518 g/mol. The lowest BCUT2D eigenvalue weighted by Crippen LogP contribution is -2.34. The average Bonchev–Trinajstić information content (AvgIpc) is 2.83. The van der Waals surface area contributed by atoms with Crippen LogP contribution in [-0.4, -0.2) is 51.5 Å². The Hall–Kier alpha value is -2.07. The summed E-state index contributed by atoms with van der Waals surface area (Å²) in [5.41, 5.74) is -12.4. The molecule has 0 bridgehead atoms. The third-order valence-corrected chi connectivity index (χ3v) is 5.94. The van der Waals surface area contributed by atoms with Gasteiger partial charge in [-0.1, -0.05) is 0 Å². The van der Waals surface area contributed by atoms with Crippen LogP contribution < -0.4 is 4.57 Å². The molecule has 1 aromatic rings. The van der Waals surface area contributed by atoms with E-state index in [0.717, 1.165) is 10.3 Å². The van der Waals surface area contributed by atoms with Gasteiger partial charge in [0.05, 0.1) is 7.05 Å². The molecule has 0 aromatic carbocycles. The normalized spacial score (nSPS) is 13.5. The fraction of sp³-hybridized carbons (Fsp3) is 0.625. The van der Waals surface area contributed by atoms with Crippen molar-refractivity contribution in [1.82, 2.24) is 4.57 Å². The summed E-state index contributed by atoms with van der Waals surface area (Å²) in [6.45, 7) is -0.152. The molecule has 0 spiro atoms. The number of hydrogen-bond donors (Lipinski definition) is 0. The Kier molecular flexibility index (Phi) is 8.35. The zero-order valence-corrected chi connectivity index (χ0v) is 16.4. The van der Waals surface area contributed by atoms with E-state index in [1.165, 1.54) is 22.5 Å². The van der Waals surface area contributed by atoms with Gasteiger partial charge < -0.3 is 14.2 Å². The van der Waals surface area contributed by atoms with E-state index < -0.39 is 52.0 Å². The quantitative estimate of drug-likeness (QED) is 0.173. The first-order chi connectivity index (χ1) is 13.0. The van der Waals surface area contributed by atoms with E-state index in [1.807, 2.05) is 0 Å². The largest absolute Gasteiger partial charge is 0.480 e. The molecule has 0 saturated heterocycles. The minimum atomic E-state index is -6.72. The predicted molar refractivity (Wildman–Crippen MR) is 80.5 cm³/mol. The van der Waals surface area contributed by atoms with E-state index in [-0.39, 0.29) is 12.4 Å². The summed E-state index contributed by atoms with van der Waals surface area (Å²) in [6, 6.07) is 0. The van der Waals surface area contributed by atoms with E-state index in [1.54, 1.807) is 0 Å². The number of imidazole rings is 1. The lowest BCUT2D eigenvalue weighted by Gasteiger charge is -2.22. The van der Waals surface area contributed by atoms with Gasteiger partial charge in [0.2, 0.25) is 6.33 Å². The third-order valence-electron chi connectivity index (χ3n) is 2.53. The molecule has 1 heterocycles. The van der Waals surface area contributed by atoms with E-state index in [2.05, 4.69) is 0 Å². The van der Waals surface area contributed by atoms with Crippen LogP contribution in [0.15, 0.2) is 12.5 Å². The molecule has 0 atom stereocenters. The number of aryl methyl sites for hydroxylation is 2. The molecule has 0 aliphatic rings. The van der Waals surface area contributed by atoms with Crippen LogP contribution >= 0.6 is 0 Å². The molecule has 0 amide bonds. The van der Waals surface area contributed by atoms with Gasteiger partial charge in [0, 0.05) is 0 Å². The maximum atomic E-state index is 12.2. The van der Waals surface area contributed by atoms with Crippen LogP contribution in [0.2, 0.25) is 0 Å². The molecule has 12 nitrogen and oxygen atoms in total. The molecule has 0 aliphatic heterocycles. The van der Waals surface area contributed by atoms with E-state index in [4.69, 9.17) is 0 Å². The Morgan fingerprint density at radius 2 is 1.43 bits per heavy atom. The van der Waals surface area contributed by atoms with Crippen molar-refractivity contribution in [1.29, 1.82) is 0 Å². The lowest BCUT2D eigenvalue weighted by atomic mass is 10.7. The van der Waals surface area contributed by atoms with Crippen molar-refractivity contribution in [2.75, 3.05) is 5.75 Å².